The molecule has 0 amide bonds. The third kappa shape index (κ3) is 1.52. The molecule has 11 heavy (non-hydrogen) atoms. The summed E-state index contributed by atoms with van der Waals surface area (Å²) in [6.07, 6.45) is -5.75. The Labute approximate surface area is 63.8 Å². The predicted octanol–water partition coefficient (Wildman–Crippen LogP) is -2.19. The first kappa shape index (κ1) is 8.89. The first-order valence-electron chi connectivity index (χ1n) is 3.41. The first-order chi connectivity index (χ1) is 5.04. The highest BCUT2D eigenvalue weighted by Crippen LogP contribution is 2.21. The molecule has 66 valence electrons. The Morgan fingerprint density at radius 1 is 1.18 bits per heavy atom. The summed E-state index contributed by atoms with van der Waals surface area (Å²) in [5.41, 5.74) is 0. The van der Waals surface area contributed by atoms with E-state index in [1.54, 1.807) is 0 Å². The Morgan fingerprint density at radius 3 is 1.91 bits per heavy atom. The van der Waals surface area contributed by atoms with Crippen LogP contribution in [-0.4, -0.2) is 51.1 Å². The van der Waals surface area contributed by atoms with Crippen LogP contribution >= 0.6 is 0 Å². The third-order valence-electron chi connectivity index (χ3n) is 1.75. The molecule has 1 rings (SSSR count). The molecule has 0 aromatic rings. The second kappa shape index (κ2) is 3.04. The van der Waals surface area contributed by atoms with E-state index >= 15 is 0 Å². The fourth-order valence-corrected chi connectivity index (χ4v) is 1.08. The third-order valence-corrected chi connectivity index (χ3v) is 1.75. The standard InChI is InChI=1S/C6H12O5/c1-2(7)5-3(8)4(9)6(10)11-5/h2-10H,1H3/t2?,3-,4-,5?,6-/m1/s1. The van der Waals surface area contributed by atoms with Gasteiger partial charge in [0.1, 0.15) is 18.3 Å². The van der Waals surface area contributed by atoms with Crippen molar-refractivity contribution in [1.82, 2.24) is 0 Å². The van der Waals surface area contributed by atoms with E-state index < -0.39 is 30.7 Å². The maximum atomic E-state index is 9.10. The molecule has 5 atom stereocenters. The maximum Gasteiger partial charge on any atom is 0.184 e. The summed E-state index contributed by atoms with van der Waals surface area (Å²) in [5, 5.41) is 35.8. The van der Waals surface area contributed by atoms with Crippen molar-refractivity contribution in [2.75, 3.05) is 0 Å². The number of rotatable bonds is 1. The van der Waals surface area contributed by atoms with E-state index in [1.807, 2.05) is 0 Å². The summed E-state index contributed by atoms with van der Waals surface area (Å²) in [6.45, 7) is 1.42. The van der Waals surface area contributed by atoms with Gasteiger partial charge in [0.15, 0.2) is 6.29 Å². The molecule has 4 N–H and O–H groups in total. The van der Waals surface area contributed by atoms with Gasteiger partial charge >= 0.3 is 0 Å². The molecule has 1 aliphatic heterocycles. The number of ether oxygens (including phenoxy) is 1. The van der Waals surface area contributed by atoms with Crippen molar-refractivity contribution in [2.24, 2.45) is 0 Å². The second-order valence-electron chi connectivity index (χ2n) is 2.71. The molecular weight excluding hydrogens is 152 g/mol. The normalized spacial score (nSPS) is 47.7. The molecule has 0 aromatic heterocycles. The minimum atomic E-state index is -1.40. The van der Waals surface area contributed by atoms with Crippen LogP contribution in [0.4, 0.5) is 0 Å². The lowest BCUT2D eigenvalue weighted by atomic mass is 10.1. The lowest BCUT2D eigenvalue weighted by molar-refractivity contribution is -0.143. The van der Waals surface area contributed by atoms with E-state index in [0.29, 0.717) is 0 Å². The van der Waals surface area contributed by atoms with Crippen LogP contribution in [0.25, 0.3) is 0 Å². The molecule has 1 saturated heterocycles. The van der Waals surface area contributed by atoms with Crippen LogP contribution in [0.2, 0.25) is 0 Å². The fraction of sp³-hybridized carbons (Fsp3) is 1.00. The quantitative estimate of drug-likeness (QED) is 0.353. The average molecular weight is 164 g/mol. The van der Waals surface area contributed by atoms with Crippen LogP contribution in [0.3, 0.4) is 0 Å². The largest absolute Gasteiger partial charge is 0.391 e. The van der Waals surface area contributed by atoms with Gasteiger partial charge in [0.2, 0.25) is 0 Å². The van der Waals surface area contributed by atoms with Gasteiger partial charge in [0.25, 0.3) is 0 Å². The molecular formula is C6H12O5. The molecule has 0 spiro atoms. The predicted molar refractivity (Wildman–Crippen MR) is 34.6 cm³/mol. The zero-order valence-electron chi connectivity index (χ0n) is 6.08. The van der Waals surface area contributed by atoms with Gasteiger partial charge in [-0.2, -0.15) is 0 Å². The van der Waals surface area contributed by atoms with Crippen molar-refractivity contribution in [3.63, 3.8) is 0 Å². The van der Waals surface area contributed by atoms with E-state index in [4.69, 9.17) is 20.4 Å². The van der Waals surface area contributed by atoms with Crippen molar-refractivity contribution in [2.45, 2.75) is 37.6 Å². The number of hydrogen-bond acceptors (Lipinski definition) is 5. The van der Waals surface area contributed by atoms with Crippen molar-refractivity contribution >= 4 is 0 Å². The average Bonchev–Trinajstić information content (AvgIpc) is 2.17. The minimum Gasteiger partial charge on any atom is -0.391 e. The summed E-state index contributed by atoms with van der Waals surface area (Å²) < 4.78 is 4.65. The molecule has 0 radical (unpaired) electrons. The highest BCUT2D eigenvalue weighted by molar-refractivity contribution is 4.88. The van der Waals surface area contributed by atoms with E-state index in [2.05, 4.69) is 4.74 Å². The van der Waals surface area contributed by atoms with Crippen molar-refractivity contribution < 1.29 is 25.2 Å². The summed E-state index contributed by atoms with van der Waals surface area (Å²) in [4.78, 5) is 0. The smallest absolute Gasteiger partial charge is 0.184 e. The SMILES string of the molecule is CC(O)C1O[C@@H](O)[C@H](O)[C@H]1O. The van der Waals surface area contributed by atoms with Crippen molar-refractivity contribution in [3.05, 3.63) is 0 Å². The van der Waals surface area contributed by atoms with Crippen LogP contribution in [0.1, 0.15) is 6.92 Å². The van der Waals surface area contributed by atoms with Crippen molar-refractivity contribution in [3.8, 4) is 0 Å². The summed E-state index contributed by atoms with van der Waals surface area (Å²) in [7, 11) is 0. The van der Waals surface area contributed by atoms with Gasteiger partial charge in [-0.15, -0.1) is 0 Å². The second-order valence-corrected chi connectivity index (χ2v) is 2.71. The van der Waals surface area contributed by atoms with Gasteiger partial charge in [-0.05, 0) is 6.92 Å². The Balaban J connectivity index is 2.59. The Kier molecular flexibility index (Phi) is 2.46. The lowest BCUT2D eigenvalue weighted by Crippen LogP contribution is -2.37. The van der Waals surface area contributed by atoms with Crippen LogP contribution in [-0.2, 0) is 4.74 Å². The molecule has 1 aliphatic rings. The molecule has 2 unspecified atom stereocenters. The monoisotopic (exact) mass is 164 g/mol. The number of aliphatic hydroxyl groups excluding tert-OH is 4. The van der Waals surface area contributed by atoms with Gasteiger partial charge < -0.3 is 25.2 Å². The first-order valence-corrected chi connectivity index (χ1v) is 3.41. The topological polar surface area (TPSA) is 90.2 Å². The van der Waals surface area contributed by atoms with Crippen LogP contribution < -0.4 is 0 Å². The van der Waals surface area contributed by atoms with E-state index in [0.717, 1.165) is 0 Å². The molecule has 5 heteroatoms. The minimum absolute atomic E-state index is 0.903. The molecule has 1 fully saturated rings. The fourth-order valence-electron chi connectivity index (χ4n) is 1.08. The molecule has 1 heterocycles. The van der Waals surface area contributed by atoms with E-state index in [9.17, 15) is 0 Å². The summed E-state index contributed by atoms with van der Waals surface area (Å²) >= 11 is 0. The van der Waals surface area contributed by atoms with E-state index in [1.165, 1.54) is 6.92 Å². The lowest BCUT2D eigenvalue weighted by Gasteiger charge is -2.16. The number of hydrogen-bond donors (Lipinski definition) is 4. The van der Waals surface area contributed by atoms with Crippen LogP contribution in [0.5, 0.6) is 0 Å². The zero-order valence-corrected chi connectivity index (χ0v) is 6.08. The van der Waals surface area contributed by atoms with Gasteiger partial charge in [-0.25, -0.2) is 0 Å². The molecule has 0 bridgehead atoms. The number of aliphatic hydroxyl groups is 4. The van der Waals surface area contributed by atoms with E-state index in [-0.39, 0.29) is 0 Å². The highest BCUT2D eigenvalue weighted by Gasteiger charge is 2.43. The molecule has 0 saturated carbocycles. The van der Waals surface area contributed by atoms with Gasteiger partial charge in [-0.3, -0.25) is 0 Å². The molecule has 0 aromatic carbocycles. The molecule has 5 nitrogen and oxygen atoms in total. The Hall–Kier alpha value is -0.200. The summed E-state index contributed by atoms with van der Waals surface area (Å²) in [6, 6.07) is 0. The van der Waals surface area contributed by atoms with Gasteiger partial charge in [-0.1, -0.05) is 0 Å². The van der Waals surface area contributed by atoms with Gasteiger partial charge in [0.05, 0.1) is 6.10 Å². The van der Waals surface area contributed by atoms with Crippen LogP contribution in [0.15, 0.2) is 0 Å². The van der Waals surface area contributed by atoms with Crippen LogP contribution in [0, 0.1) is 0 Å². The Bertz CT molecular complexity index is 137. The molecule has 0 aliphatic carbocycles. The van der Waals surface area contributed by atoms with Crippen molar-refractivity contribution in [1.29, 1.82) is 0 Å². The highest BCUT2D eigenvalue weighted by atomic mass is 16.6. The van der Waals surface area contributed by atoms with Gasteiger partial charge in [0, 0.05) is 0 Å². The zero-order chi connectivity index (χ0) is 8.59. The Morgan fingerprint density at radius 2 is 1.73 bits per heavy atom. The summed E-state index contributed by atoms with van der Waals surface area (Å²) in [5.74, 6) is 0. The maximum absolute atomic E-state index is 9.10.